The van der Waals surface area contributed by atoms with Crippen molar-refractivity contribution >= 4 is 38.9 Å². The lowest BCUT2D eigenvalue weighted by Gasteiger charge is -2.34. The van der Waals surface area contributed by atoms with E-state index in [-0.39, 0.29) is 18.0 Å². The highest BCUT2D eigenvalue weighted by Crippen LogP contribution is 2.25. The molecule has 1 aliphatic rings. The minimum absolute atomic E-state index is 0.157. The molecule has 0 spiro atoms. The van der Waals surface area contributed by atoms with Gasteiger partial charge in [-0.3, -0.25) is 0 Å². The Bertz CT molecular complexity index is 880. The Morgan fingerprint density at radius 3 is 2.48 bits per heavy atom. The van der Waals surface area contributed by atoms with Gasteiger partial charge >= 0.3 is 6.09 Å². The molecule has 0 saturated carbocycles. The number of fused-ring (bicyclic) bond motifs is 1. The highest BCUT2D eigenvalue weighted by molar-refractivity contribution is 7.89. The molecule has 1 aromatic carbocycles. The molecule has 2 aromatic rings. The standard InChI is InChI=1S/C15H20N4O4S2/c1-15(2,3)23-14(20)18-7-9-19(10-8-18)25(21,22)12-6-4-5-11-13(12)17-24-16-11/h4-6H,7-10H2,1-3H3. The zero-order valence-electron chi connectivity index (χ0n) is 14.3. The van der Waals surface area contributed by atoms with E-state index in [2.05, 4.69) is 8.75 Å². The predicted molar refractivity (Wildman–Crippen MR) is 94.0 cm³/mol. The van der Waals surface area contributed by atoms with Crippen molar-refractivity contribution in [1.29, 1.82) is 0 Å². The summed E-state index contributed by atoms with van der Waals surface area (Å²) in [5.41, 5.74) is 0.383. The van der Waals surface area contributed by atoms with Gasteiger partial charge in [-0.25, -0.2) is 13.2 Å². The van der Waals surface area contributed by atoms with Crippen LogP contribution in [0.25, 0.3) is 11.0 Å². The Kier molecular flexibility index (Phi) is 4.69. The van der Waals surface area contributed by atoms with Gasteiger partial charge in [0, 0.05) is 26.2 Å². The Morgan fingerprint density at radius 1 is 1.16 bits per heavy atom. The van der Waals surface area contributed by atoms with Crippen LogP contribution in [0.5, 0.6) is 0 Å². The van der Waals surface area contributed by atoms with Crippen LogP contribution in [0.15, 0.2) is 23.1 Å². The molecule has 1 aliphatic heterocycles. The van der Waals surface area contributed by atoms with Crippen LogP contribution in [0.1, 0.15) is 20.8 Å². The Hall–Kier alpha value is -1.78. The van der Waals surface area contributed by atoms with E-state index in [4.69, 9.17) is 4.74 Å². The number of amides is 1. The first kappa shape index (κ1) is 18.0. The molecule has 0 bridgehead atoms. The topological polar surface area (TPSA) is 92.7 Å². The van der Waals surface area contributed by atoms with Gasteiger partial charge in [-0.05, 0) is 32.9 Å². The smallest absolute Gasteiger partial charge is 0.410 e. The number of nitrogens with zero attached hydrogens (tertiary/aromatic N) is 4. The molecule has 136 valence electrons. The zero-order valence-corrected chi connectivity index (χ0v) is 15.9. The Balaban J connectivity index is 1.74. The number of benzene rings is 1. The van der Waals surface area contributed by atoms with E-state index in [1.54, 1.807) is 39.0 Å². The van der Waals surface area contributed by atoms with Crippen LogP contribution >= 0.6 is 11.7 Å². The van der Waals surface area contributed by atoms with Crippen LogP contribution in [-0.4, -0.2) is 64.2 Å². The van der Waals surface area contributed by atoms with Gasteiger partial charge in [0.05, 0.1) is 11.7 Å². The van der Waals surface area contributed by atoms with Crippen LogP contribution in [0.2, 0.25) is 0 Å². The summed E-state index contributed by atoms with van der Waals surface area (Å²) in [5.74, 6) is 0. The monoisotopic (exact) mass is 384 g/mol. The van der Waals surface area contributed by atoms with E-state index < -0.39 is 21.7 Å². The lowest BCUT2D eigenvalue weighted by atomic mass is 10.2. The maximum absolute atomic E-state index is 12.9. The fraction of sp³-hybridized carbons (Fsp3) is 0.533. The van der Waals surface area contributed by atoms with Gasteiger partial charge in [-0.2, -0.15) is 13.1 Å². The van der Waals surface area contributed by atoms with Crippen molar-refractivity contribution < 1.29 is 17.9 Å². The minimum atomic E-state index is -3.68. The van der Waals surface area contributed by atoms with Crippen molar-refractivity contribution in [3.63, 3.8) is 0 Å². The van der Waals surface area contributed by atoms with E-state index in [1.165, 1.54) is 9.21 Å². The van der Waals surface area contributed by atoms with Gasteiger partial charge < -0.3 is 9.64 Å². The molecule has 0 radical (unpaired) electrons. The highest BCUT2D eigenvalue weighted by atomic mass is 32.2. The molecule has 2 heterocycles. The summed E-state index contributed by atoms with van der Waals surface area (Å²) in [6, 6.07) is 4.94. The van der Waals surface area contributed by atoms with Crippen molar-refractivity contribution in [2.75, 3.05) is 26.2 Å². The van der Waals surface area contributed by atoms with Crippen LogP contribution in [0, 0.1) is 0 Å². The number of aromatic nitrogens is 2. The highest BCUT2D eigenvalue weighted by Gasteiger charge is 2.33. The maximum atomic E-state index is 12.9. The number of hydrogen-bond donors (Lipinski definition) is 0. The first-order chi connectivity index (χ1) is 11.7. The second-order valence-electron chi connectivity index (χ2n) is 6.76. The number of sulfonamides is 1. The lowest BCUT2D eigenvalue weighted by molar-refractivity contribution is 0.0192. The molecule has 1 fully saturated rings. The van der Waals surface area contributed by atoms with E-state index >= 15 is 0 Å². The Labute approximate surface area is 150 Å². The number of carbonyl (C=O) groups is 1. The third-order valence-corrected chi connectivity index (χ3v) is 6.23. The second kappa shape index (κ2) is 6.50. The molecule has 0 atom stereocenters. The molecular formula is C15H20N4O4S2. The van der Waals surface area contributed by atoms with Crippen LogP contribution in [0.4, 0.5) is 4.79 Å². The van der Waals surface area contributed by atoms with E-state index in [1.807, 2.05) is 0 Å². The third kappa shape index (κ3) is 3.75. The van der Waals surface area contributed by atoms with Gasteiger partial charge in [-0.1, -0.05) is 6.07 Å². The summed E-state index contributed by atoms with van der Waals surface area (Å²) in [4.78, 5) is 13.8. The zero-order chi connectivity index (χ0) is 18.2. The molecule has 25 heavy (non-hydrogen) atoms. The summed E-state index contributed by atoms with van der Waals surface area (Å²) < 4.78 is 40.8. The SMILES string of the molecule is CC(C)(C)OC(=O)N1CCN(S(=O)(=O)c2cccc3nsnc23)CC1. The molecule has 3 rings (SSSR count). The predicted octanol–water partition coefficient (Wildman–Crippen LogP) is 1.93. The molecule has 10 heteroatoms. The summed E-state index contributed by atoms with van der Waals surface area (Å²) in [5, 5.41) is 0. The number of ether oxygens (including phenoxy) is 1. The van der Waals surface area contributed by atoms with Gasteiger partial charge in [0.25, 0.3) is 0 Å². The molecular weight excluding hydrogens is 364 g/mol. The fourth-order valence-corrected chi connectivity index (χ4v) is 4.74. The summed E-state index contributed by atoms with van der Waals surface area (Å²) in [7, 11) is -3.68. The fourth-order valence-electron chi connectivity index (χ4n) is 2.57. The normalized spacial score (nSPS) is 17.0. The van der Waals surface area contributed by atoms with Gasteiger partial charge in [0.2, 0.25) is 10.0 Å². The molecule has 1 saturated heterocycles. The van der Waals surface area contributed by atoms with E-state index in [9.17, 15) is 13.2 Å². The number of hydrogen-bond acceptors (Lipinski definition) is 7. The molecule has 0 unspecified atom stereocenters. The van der Waals surface area contributed by atoms with Gasteiger partial charge in [0.1, 0.15) is 21.5 Å². The third-order valence-electron chi connectivity index (χ3n) is 3.76. The molecule has 0 aliphatic carbocycles. The second-order valence-corrected chi connectivity index (χ2v) is 9.19. The maximum Gasteiger partial charge on any atom is 0.410 e. The lowest BCUT2D eigenvalue weighted by Crippen LogP contribution is -2.51. The van der Waals surface area contributed by atoms with Crippen LogP contribution in [0.3, 0.4) is 0 Å². The Morgan fingerprint density at radius 2 is 1.84 bits per heavy atom. The minimum Gasteiger partial charge on any atom is -0.444 e. The number of piperazine rings is 1. The number of rotatable bonds is 2. The van der Waals surface area contributed by atoms with E-state index in [0.717, 1.165) is 11.7 Å². The van der Waals surface area contributed by atoms with Crippen molar-refractivity contribution in [3.8, 4) is 0 Å². The molecule has 1 amide bonds. The van der Waals surface area contributed by atoms with Crippen molar-refractivity contribution in [1.82, 2.24) is 18.0 Å². The summed E-state index contributed by atoms with van der Waals surface area (Å²) >= 11 is 0.987. The average molecular weight is 384 g/mol. The van der Waals surface area contributed by atoms with Crippen molar-refractivity contribution in [2.24, 2.45) is 0 Å². The largest absolute Gasteiger partial charge is 0.444 e. The molecule has 0 N–H and O–H groups in total. The van der Waals surface area contributed by atoms with Crippen LogP contribution < -0.4 is 0 Å². The molecule has 8 nitrogen and oxygen atoms in total. The number of carbonyl (C=O) groups excluding carboxylic acids is 1. The average Bonchev–Trinajstić information content (AvgIpc) is 3.01. The summed E-state index contributed by atoms with van der Waals surface area (Å²) in [6.07, 6.45) is -0.421. The van der Waals surface area contributed by atoms with Gasteiger partial charge in [-0.15, -0.1) is 0 Å². The van der Waals surface area contributed by atoms with E-state index in [0.29, 0.717) is 24.1 Å². The first-order valence-electron chi connectivity index (χ1n) is 7.88. The molecule has 1 aromatic heterocycles. The van der Waals surface area contributed by atoms with Crippen molar-refractivity contribution in [3.05, 3.63) is 18.2 Å². The van der Waals surface area contributed by atoms with Gasteiger partial charge in [0.15, 0.2) is 0 Å². The van der Waals surface area contributed by atoms with Crippen molar-refractivity contribution in [2.45, 2.75) is 31.3 Å². The van der Waals surface area contributed by atoms with Crippen LogP contribution in [-0.2, 0) is 14.8 Å². The quantitative estimate of drug-likeness (QED) is 0.785. The summed E-state index contributed by atoms with van der Waals surface area (Å²) in [6.45, 7) is 6.42. The first-order valence-corrected chi connectivity index (χ1v) is 10.0.